The van der Waals surface area contributed by atoms with Crippen molar-refractivity contribution in [2.45, 2.75) is 13.8 Å². The normalized spacial score (nSPS) is 10.2. The van der Waals surface area contributed by atoms with E-state index in [-0.39, 0.29) is 11.9 Å². The Kier molecular flexibility index (Phi) is 3.27. The summed E-state index contributed by atoms with van der Waals surface area (Å²) in [6.07, 6.45) is 0. The standard InChI is InChI=1S/C12H14N4O2/c1-7-4-5-9(10(6-7)13-3)11(17)14-12-16-15-8(2)18-12/h4-6,13H,1-3H3,(H,14,16,17). The maximum absolute atomic E-state index is 12.0. The summed E-state index contributed by atoms with van der Waals surface area (Å²) in [5.41, 5.74) is 2.35. The van der Waals surface area contributed by atoms with E-state index in [0.29, 0.717) is 11.5 Å². The number of carbonyl (C=O) groups excluding carboxylic acids is 1. The molecule has 18 heavy (non-hydrogen) atoms. The number of hydrogen-bond acceptors (Lipinski definition) is 5. The zero-order chi connectivity index (χ0) is 13.1. The van der Waals surface area contributed by atoms with Crippen molar-refractivity contribution in [3.63, 3.8) is 0 Å². The highest BCUT2D eigenvalue weighted by molar-refractivity contribution is 6.07. The highest BCUT2D eigenvalue weighted by atomic mass is 16.4. The lowest BCUT2D eigenvalue weighted by atomic mass is 10.1. The lowest BCUT2D eigenvalue weighted by Gasteiger charge is -2.08. The summed E-state index contributed by atoms with van der Waals surface area (Å²) < 4.78 is 5.10. The molecule has 2 aromatic rings. The van der Waals surface area contributed by atoms with Gasteiger partial charge < -0.3 is 9.73 Å². The number of nitrogens with zero attached hydrogens (tertiary/aromatic N) is 2. The van der Waals surface area contributed by atoms with Crippen molar-refractivity contribution in [1.82, 2.24) is 10.2 Å². The van der Waals surface area contributed by atoms with E-state index in [4.69, 9.17) is 4.42 Å². The van der Waals surface area contributed by atoms with Crippen LogP contribution in [0.1, 0.15) is 21.8 Å². The van der Waals surface area contributed by atoms with Gasteiger partial charge in [0.1, 0.15) is 0 Å². The molecule has 0 spiro atoms. The predicted molar refractivity (Wildman–Crippen MR) is 67.7 cm³/mol. The van der Waals surface area contributed by atoms with Crippen LogP contribution in [0.5, 0.6) is 0 Å². The first-order chi connectivity index (χ1) is 8.60. The van der Waals surface area contributed by atoms with Crippen molar-refractivity contribution in [2.24, 2.45) is 0 Å². The fourth-order valence-corrected chi connectivity index (χ4v) is 1.57. The molecule has 6 nitrogen and oxygen atoms in total. The van der Waals surface area contributed by atoms with Crippen LogP contribution in [-0.4, -0.2) is 23.2 Å². The minimum Gasteiger partial charge on any atom is -0.408 e. The van der Waals surface area contributed by atoms with E-state index in [2.05, 4.69) is 20.8 Å². The molecule has 1 amide bonds. The number of aromatic nitrogens is 2. The summed E-state index contributed by atoms with van der Waals surface area (Å²) in [6, 6.07) is 5.61. The first-order valence-electron chi connectivity index (χ1n) is 5.50. The monoisotopic (exact) mass is 246 g/mol. The Hall–Kier alpha value is -2.37. The van der Waals surface area contributed by atoms with Crippen LogP contribution in [0.3, 0.4) is 0 Å². The van der Waals surface area contributed by atoms with E-state index in [9.17, 15) is 4.79 Å². The lowest BCUT2D eigenvalue weighted by Crippen LogP contribution is -2.14. The minimum absolute atomic E-state index is 0.0973. The Morgan fingerprint density at radius 3 is 2.67 bits per heavy atom. The number of carbonyl (C=O) groups is 1. The Balaban J connectivity index is 2.23. The summed E-state index contributed by atoms with van der Waals surface area (Å²) in [7, 11) is 1.77. The van der Waals surface area contributed by atoms with Gasteiger partial charge >= 0.3 is 6.01 Å². The molecule has 2 rings (SSSR count). The average Bonchev–Trinajstić information content (AvgIpc) is 2.74. The Morgan fingerprint density at radius 1 is 1.28 bits per heavy atom. The van der Waals surface area contributed by atoms with Gasteiger partial charge in [0.25, 0.3) is 5.91 Å². The van der Waals surface area contributed by atoms with Crippen molar-refractivity contribution in [1.29, 1.82) is 0 Å². The summed E-state index contributed by atoms with van der Waals surface area (Å²) >= 11 is 0. The van der Waals surface area contributed by atoms with E-state index in [1.165, 1.54) is 0 Å². The van der Waals surface area contributed by atoms with Crippen molar-refractivity contribution < 1.29 is 9.21 Å². The number of nitrogens with one attached hydrogen (secondary N) is 2. The van der Waals surface area contributed by atoms with Crippen LogP contribution in [0.2, 0.25) is 0 Å². The van der Waals surface area contributed by atoms with Crippen molar-refractivity contribution in [3.05, 3.63) is 35.2 Å². The molecule has 0 aliphatic carbocycles. The lowest BCUT2D eigenvalue weighted by molar-refractivity contribution is 0.102. The molecule has 0 fully saturated rings. The van der Waals surface area contributed by atoms with E-state index in [1.807, 2.05) is 19.1 Å². The second kappa shape index (κ2) is 4.87. The fourth-order valence-electron chi connectivity index (χ4n) is 1.57. The van der Waals surface area contributed by atoms with Gasteiger partial charge in [0.15, 0.2) is 0 Å². The zero-order valence-corrected chi connectivity index (χ0v) is 10.4. The Morgan fingerprint density at radius 2 is 2.06 bits per heavy atom. The van der Waals surface area contributed by atoms with Crippen LogP contribution >= 0.6 is 0 Å². The van der Waals surface area contributed by atoms with Gasteiger partial charge in [-0.2, -0.15) is 0 Å². The summed E-state index contributed by atoms with van der Waals surface area (Å²) in [6.45, 7) is 3.62. The maximum atomic E-state index is 12.0. The van der Waals surface area contributed by atoms with E-state index in [1.54, 1.807) is 20.0 Å². The van der Waals surface area contributed by atoms with E-state index >= 15 is 0 Å². The average molecular weight is 246 g/mol. The molecule has 0 bridgehead atoms. The molecule has 1 aromatic carbocycles. The van der Waals surface area contributed by atoms with Gasteiger partial charge in [-0.15, -0.1) is 5.10 Å². The largest absolute Gasteiger partial charge is 0.408 e. The first-order valence-corrected chi connectivity index (χ1v) is 5.50. The van der Waals surface area contributed by atoms with Gasteiger partial charge in [0, 0.05) is 19.7 Å². The quantitative estimate of drug-likeness (QED) is 0.865. The zero-order valence-electron chi connectivity index (χ0n) is 10.4. The van der Waals surface area contributed by atoms with Crippen LogP contribution in [0.15, 0.2) is 22.6 Å². The third-order valence-electron chi connectivity index (χ3n) is 2.44. The smallest absolute Gasteiger partial charge is 0.322 e. The van der Waals surface area contributed by atoms with Crippen LogP contribution in [0, 0.1) is 13.8 Å². The molecule has 0 aliphatic rings. The van der Waals surface area contributed by atoms with E-state index in [0.717, 1.165) is 11.3 Å². The third-order valence-corrected chi connectivity index (χ3v) is 2.44. The summed E-state index contributed by atoms with van der Waals surface area (Å²) in [4.78, 5) is 12.0. The summed E-state index contributed by atoms with van der Waals surface area (Å²) in [5.74, 6) is 0.117. The third kappa shape index (κ3) is 2.48. The molecule has 0 atom stereocenters. The highest BCUT2D eigenvalue weighted by Crippen LogP contribution is 2.18. The van der Waals surface area contributed by atoms with Gasteiger partial charge in [-0.1, -0.05) is 11.2 Å². The van der Waals surface area contributed by atoms with E-state index < -0.39 is 0 Å². The number of hydrogen-bond donors (Lipinski definition) is 2. The number of aryl methyl sites for hydroxylation is 2. The molecule has 0 saturated heterocycles. The van der Waals surface area contributed by atoms with Crippen LogP contribution in [0.25, 0.3) is 0 Å². The van der Waals surface area contributed by atoms with Gasteiger partial charge in [0.05, 0.1) is 5.56 Å². The predicted octanol–water partition coefficient (Wildman–Crippen LogP) is 1.98. The van der Waals surface area contributed by atoms with Gasteiger partial charge in [-0.05, 0) is 24.6 Å². The van der Waals surface area contributed by atoms with Crippen molar-refractivity contribution in [2.75, 3.05) is 17.7 Å². The molecule has 6 heteroatoms. The van der Waals surface area contributed by atoms with Crippen LogP contribution < -0.4 is 10.6 Å². The molecular formula is C12H14N4O2. The topological polar surface area (TPSA) is 80.0 Å². The Labute approximate surface area is 104 Å². The maximum Gasteiger partial charge on any atom is 0.322 e. The highest BCUT2D eigenvalue weighted by Gasteiger charge is 2.13. The molecule has 1 heterocycles. The molecule has 2 N–H and O–H groups in total. The first kappa shape index (κ1) is 12.1. The number of anilines is 2. The van der Waals surface area contributed by atoms with Gasteiger partial charge in [0.2, 0.25) is 5.89 Å². The number of amides is 1. The fraction of sp³-hybridized carbons (Fsp3) is 0.250. The minimum atomic E-state index is -0.289. The Bertz CT molecular complexity index is 577. The molecular weight excluding hydrogens is 232 g/mol. The van der Waals surface area contributed by atoms with Crippen LogP contribution in [0.4, 0.5) is 11.7 Å². The molecule has 0 radical (unpaired) electrons. The molecule has 1 aromatic heterocycles. The van der Waals surface area contributed by atoms with Crippen LogP contribution in [-0.2, 0) is 0 Å². The molecule has 0 aliphatic heterocycles. The number of rotatable bonds is 3. The second-order valence-electron chi connectivity index (χ2n) is 3.88. The molecule has 94 valence electrons. The van der Waals surface area contributed by atoms with Gasteiger partial charge in [-0.25, -0.2) is 0 Å². The van der Waals surface area contributed by atoms with Crippen molar-refractivity contribution in [3.8, 4) is 0 Å². The summed E-state index contributed by atoms with van der Waals surface area (Å²) in [5, 5.41) is 12.9. The molecule has 0 unspecified atom stereocenters. The second-order valence-corrected chi connectivity index (χ2v) is 3.88. The van der Waals surface area contributed by atoms with Gasteiger partial charge in [-0.3, -0.25) is 10.1 Å². The number of benzene rings is 1. The van der Waals surface area contributed by atoms with Crippen molar-refractivity contribution >= 4 is 17.6 Å². The molecule has 0 saturated carbocycles. The SMILES string of the molecule is CNc1cc(C)ccc1C(=O)Nc1nnc(C)o1.